The minimum absolute atomic E-state index is 0.190. The van der Waals surface area contributed by atoms with E-state index in [4.69, 9.17) is 0 Å². The molecule has 1 aromatic carbocycles. The summed E-state index contributed by atoms with van der Waals surface area (Å²) in [7, 11) is 1.29. The van der Waals surface area contributed by atoms with Crippen LogP contribution >= 0.6 is 0 Å². The van der Waals surface area contributed by atoms with Crippen molar-refractivity contribution in [3.8, 4) is 0 Å². The number of carbonyl (C=O) groups is 1. The Morgan fingerprint density at radius 1 is 1.39 bits per heavy atom. The molecule has 0 heterocycles. The zero-order chi connectivity index (χ0) is 13.6. The van der Waals surface area contributed by atoms with Crippen LogP contribution in [0.25, 0.3) is 0 Å². The van der Waals surface area contributed by atoms with Crippen molar-refractivity contribution in [1.82, 2.24) is 5.32 Å². The first-order valence-corrected chi connectivity index (χ1v) is 5.37. The molecule has 100 valence electrons. The number of hydrogen-bond acceptors (Lipinski definition) is 3. The van der Waals surface area contributed by atoms with Gasteiger partial charge < -0.3 is 10.1 Å². The molecule has 0 atom stereocenters. The molecule has 1 N–H and O–H groups in total. The number of hydrogen-bond donors (Lipinski definition) is 1. The lowest BCUT2D eigenvalue weighted by Crippen LogP contribution is -2.18. The summed E-state index contributed by atoms with van der Waals surface area (Å²) in [5.41, 5.74) is -0.149. The Morgan fingerprint density at radius 2 is 2.11 bits per heavy atom. The maximum absolute atomic E-state index is 12.4. The lowest BCUT2D eigenvalue weighted by molar-refractivity contribution is -0.140. The zero-order valence-corrected chi connectivity index (χ0v) is 9.88. The van der Waals surface area contributed by atoms with Crippen molar-refractivity contribution >= 4 is 5.97 Å². The van der Waals surface area contributed by atoms with Crippen LogP contribution in [0.1, 0.15) is 17.5 Å². The number of ether oxygens (including phenoxy) is 1. The van der Waals surface area contributed by atoms with Crippen molar-refractivity contribution in [3.63, 3.8) is 0 Å². The van der Waals surface area contributed by atoms with Crippen molar-refractivity contribution < 1.29 is 22.7 Å². The van der Waals surface area contributed by atoms with Gasteiger partial charge in [-0.05, 0) is 11.6 Å². The van der Waals surface area contributed by atoms with Gasteiger partial charge in [-0.2, -0.15) is 13.2 Å². The maximum atomic E-state index is 12.4. The summed E-state index contributed by atoms with van der Waals surface area (Å²) >= 11 is 0. The van der Waals surface area contributed by atoms with Crippen molar-refractivity contribution in [2.75, 3.05) is 13.7 Å². The van der Waals surface area contributed by atoms with Gasteiger partial charge in [-0.3, -0.25) is 4.79 Å². The van der Waals surface area contributed by atoms with E-state index in [1.165, 1.54) is 13.2 Å². The van der Waals surface area contributed by atoms with E-state index < -0.39 is 11.7 Å². The molecule has 0 aliphatic rings. The van der Waals surface area contributed by atoms with E-state index in [1.807, 2.05) is 0 Å². The molecule has 6 heteroatoms. The van der Waals surface area contributed by atoms with Crippen LogP contribution in [0.5, 0.6) is 0 Å². The van der Waals surface area contributed by atoms with Crippen molar-refractivity contribution in [2.24, 2.45) is 0 Å². The molecule has 0 aliphatic carbocycles. The van der Waals surface area contributed by atoms with Crippen molar-refractivity contribution in [3.05, 3.63) is 35.4 Å². The Labute approximate surface area is 103 Å². The van der Waals surface area contributed by atoms with E-state index in [0.717, 1.165) is 12.1 Å². The predicted molar refractivity (Wildman–Crippen MR) is 59.8 cm³/mol. The van der Waals surface area contributed by atoms with Crippen LogP contribution in [0.4, 0.5) is 13.2 Å². The predicted octanol–water partition coefficient (Wildman–Crippen LogP) is 2.36. The summed E-state index contributed by atoms with van der Waals surface area (Å²) in [5.74, 6) is -0.355. The maximum Gasteiger partial charge on any atom is 0.416 e. The fourth-order valence-corrected chi connectivity index (χ4v) is 1.38. The Bertz CT molecular complexity index is 405. The summed E-state index contributed by atoms with van der Waals surface area (Å²) in [6.45, 7) is 0.643. The lowest BCUT2D eigenvalue weighted by Gasteiger charge is -2.09. The molecule has 1 rings (SSSR count). The van der Waals surface area contributed by atoms with Gasteiger partial charge in [0.25, 0.3) is 0 Å². The van der Waals surface area contributed by atoms with E-state index in [9.17, 15) is 18.0 Å². The van der Waals surface area contributed by atoms with Gasteiger partial charge in [0.1, 0.15) is 0 Å². The third kappa shape index (κ3) is 4.75. The quantitative estimate of drug-likeness (QED) is 0.653. The highest BCUT2D eigenvalue weighted by Gasteiger charge is 2.30. The summed E-state index contributed by atoms with van der Waals surface area (Å²) in [6, 6.07) is 5.07. The van der Waals surface area contributed by atoms with Gasteiger partial charge >= 0.3 is 12.1 Å². The van der Waals surface area contributed by atoms with Gasteiger partial charge in [-0.1, -0.05) is 18.2 Å². The molecule has 0 aliphatic heterocycles. The summed E-state index contributed by atoms with van der Waals surface area (Å²) < 4.78 is 41.7. The second kappa shape index (κ2) is 6.39. The van der Waals surface area contributed by atoms with Crippen LogP contribution < -0.4 is 5.32 Å². The molecule has 1 aromatic rings. The first-order valence-electron chi connectivity index (χ1n) is 5.37. The number of halogens is 3. The van der Waals surface area contributed by atoms with E-state index in [-0.39, 0.29) is 18.9 Å². The monoisotopic (exact) mass is 261 g/mol. The highest BCUT2D eigenvalue weighted by Crippen LogP contribution is 2.29. The van der Waals surface area contributed by atoms with Crippen molar-refractivity contribution in [1.29, 1.82) is 0 Å². The number of rotatable bonds is 5. The molecule has 0 unspecified atom stereocenters. The number of carbonyl (C=O) groups excluding carboxylic acids is 1. The Morgan fingerprint density at radius 3 is 2.72 bits per heavy atom. The molecular formula is C12H14F3NO2. The number of methoxy groups -OCH3 is 1. The minimum Gasteiger partial charge on any atom is -0.469 e. The summed E-state index contributed by atoms with van der Waals surface area (Å²) in [6.07, 6.45) is -4.14. The molecule has 18 heavy (non-hydrogen) atoms. The SMILES string of the molecule is COC(=O)CCNCc1cccc(C(F)(F)F)c1. The molecule has 0 bridgehead atoms. The topological polar surface area (TPSA) is 38.3 Å². The average molecular weight is 261 g/mol. The van der Waals surface area contributed by atoms with Crippen molar-refractivity contribution in [2.45, 2.75) is 19.1 Å². The third-order valence-corrected chi connectivity index (χ3v) is 2.32. The molecule has 0 radical (unpaired) electrons. The third-order valence-electron chi connectivity index (χ3n) is 2.32. The fraction of sp³-hybridized carbons (Fsp3) is 0.417. The van der Waals surface area contributed by atoms with Gasteiger partial charge in [0.05, 0.1) is 19.1 Å². The Hall–Kier alpha value is -1.56. The second-order valence-electron chi connectivity index (χ2n) is 3.70. The molecule has 0 amide bonds. The Balaban J connectivity index is 2.46. The van der Waals surface area contributed by atoms with E-state index in [1.54, 1.807) is 6.07 Å². The number of esters is 1. The highest BCUT2D eigenvalue weighted by atomic mass is 19.4. The van der Waals surface area contributed by atoms with Crippen LogP contribution in [-0.4, -0.2) is 19.6 Å². The first kappa shape index (κ1) is 14.5. The largest absolute Gasteiger partial charge is 0.469 e. The second-order valence-corrected chi connectivity index (χ2v) is 3.70. The van der Waals surface area contributed by atoms with Gasteiger partial charge in [0.15, 0.2) is 0 Å². The van der Waals surface area contributed by atoms with Crippen LogP contribution in [0.3, 0.4) is 0 Å². The smallest absolute Gasteiger partial charge is 0.416 e. The van der Waals surface area contributed by atoms with Crippen LogP contribution in [0.2, 0.25) is 0 Å². The summed E-state index contributed by atoms with van der Waals surface area (Å²) in [5, 5.41) is 2.88. The van der Waals surface area contributed by atoms with Crippen LogP contribution in [-0.2, 0) is 22.3 Å². The number of benzene rings is 1. The molecule has 0 saturated heterocycles. The molecule has 0 fully saturated rings. The fourth-order valence-electron chi connectivity index (χ4n) is 1.38. The van der Waals surface area contributed by atoms with Gasteiger partial charge in [-0.15, -0.1) is 0 Å². The zero-order valence-electron chi connectivity index (χ0n) is 9.88. The molecule has 3 nitrogen and oxygen atoms in total. The average Bonchev–Trinajstić information content (AvgIpc) is 2.33. The van der Waals surface area contributed by atoms with E-state index >= 15 is 0 Å². The molecule has 0 saturated carbocycles. The molecule has 0 aromatic heterocycles. The van der Waals surface area contributed by atoms with Crippen LogP contribution in [0.15, 0.2) is 24.3 Å². The van der Waals surface area contributed by atoms with Gasteiger partial charge in [-0.25, -0.2) is 0 Å². The molecular weight excluding hydrogens is 247 g/mol. The number of alkyl halides is 3. The summed E-state index contributed by atoms with van der Waals surface area (Å²) in [4.78, 5) is 10.8. The van der Waals surface area contributed by atoms with Gasteiger partial charge in [0, 0.05) is 13.1 Å². The minimum atomic E-state index is -4.33. The normalized spacial score (nSPS) is 11.3. The Kier molecular flexibility index (Phi) is 5.15. The van der Waals surface area contributed by atoms with E-state index in [2.05, 4.69) is 10.1 Å². The first-order chi connectivity index (χ1) is 8.43. The lowest BCUT2D eigenvalue weighted by atomic mass is 10.1. The number of nitrogens with one attached hydrogen (secondary N) is 1. The van der Waals surface area contributed by atoms with Crippen LogP contribution in [0, 0.1) is 0 Å². The highest BCUT2D eigenvalue weighted by molar-refractivity contribution is 5.69. The standard InChI is InChI=1S/C12H14F3NO2/c1-18-11(17)5-6-16-8-9-3-2-4-10(7-9)12(13,14)15/h2-4,7,16H,5-6,8H2,1H3. The van der Waals surface area contributed by atoms with E-state index in [0.29, 0.717) is 12.1 Å². The molecule has 0 spiro atoms. The van der Waals surface area contributed by atoms with Gasteiger partial charge in [0.2, 0.25) is 0 Å².